The summed E-state index contributed by atoms with van der Waals surface area (Å²) in [5, 5.41) is 7.65. The van der Waals surface area contributed by atoms with E-state index < -0.39 is 0 Å². The number of hydrogen-bond acceptors (Lipinski definition) is 4. The number of aromatic nitrogens is 2. The molecule has 3 rings (SSSR count). The lowest BCUT2D eigenvalue weighted by Crippen LogP contribution is -2.51. The fourth-order valence-corrected chi connectivity index (χ4v) is 2.78. The van der Waals surface area contributed by atoms with Gasteiger partial charge in [-0.1, -0.05) is 12.1 Å². The second-order valence-electron chi connectivity index (χ2n) is 5.88. The molecule has 1 fully saturated rings. The summed E-state index contributed by atoms with van der Waals surface area (Å²) >= 11 is 0. The van der Waals surface area contributed by atoms with Crippen molar-refractivity contribution >= 4 is 5.91 Å². The maximum atomic E-state index is 12.5. The number of nitrogens with zero attached hydrogens (tertiary/aromatic N) is 3. The molecule has 1 atom stereocenters. The molecule has 0 bridgehead atoms. The van der Waals surface area contributed by atoms with E-state index >= 15 is 0 Å². The minimum atomic E-state index is 0.0549. The van der Waals surface area contributed by atoms with Crippen molar-refractivity contribution in [2.24, 2.45) is 0 Å². The Balaban J connectivity index is 1.66. The third-order valence-corrected chi connectivity index (χ3v) is 4.04. The number of piperazine rings is 1. The summed E-state index contributed by atoms with van der Waals surface area (Å²) in [6, 6.07) is 8.18. The molecule has 1 aliphatic rings. The van der Waals surface area contributed by atoms with Crippen LogP contribution in [-0.2, 0) is 6.54 Å². The van der Waals surface area contributed by atoms with Crippen molar-refractivity contribution in [1.82, 2.24) is 20.0 Å². The molecule has 23 heavy (non-hydrogen) atoms. The van der Waals surface area contributed by atoms with Gasteiger partial charge in [0.05, 0.1) is 25.4 Å². The van der Waals surface area contributed by atoms with Gasteiger partial charge in [-0.25, -0.2) is 0 Å². The topological polar surface area (TPSA) is 59.4 Å². The average Bonchev–Trinajstić information content (AvgIpc) is 3.03. The number of amides is 1. The number of carbonyl (C=O) groups excluding carboxylic acids is 1. The van der Waals surface area contributed by atoms with Crippen LogP contribution >= 0.6 is 0 Å². The molecule has 2 aromatic rings. The van der Waals surface area contributed by atoms with Crippen molar-refractivity contribution in [1.29, 1.82) is 0 Å². The maximum Gasteiger partial charge on any atom is 0.257 e. The highest BCUT2D eigenvalue weighted by atomic mass is 16.5. The first-order valence-corrected chi connectivity index (χ1v) is 7.84. The van der Waals surface area contributed by atoms with Gasteiger partial charge in [-0.2, -0.15) is 5.10 Å². The zero-order valence-electron chi connectivity index (χ0n) is 13.5. The first-order chi connectivity index (χ1) is 11.2. The fraction of sp³-hybridized carbons (Fsp3) is 0.412. The molecule has 1 aromatic carbocycles. The first kappa shape index (κ1) is 15.6. The van der Waals surface area contributed by atoms with Gasteiger partial charge in [0.15, 0.2) is 0 Å². The van der Waals surface area contributed by atoms with Crippen LogP contribution in [-0.4, -0.2) is 53.4 Å². The Morgan fingerprint density at radius 3 is 2.87 bits per heavy atom. The molecule has 0 aliphatic carbocycles. The molecule has 1 saturated heterocycles. The Labute approximate surface area is 136 Å². The Morgan fingerprint density at radius 1 is 1.39 bits per heavy atom. The number of benzene rings is 1. The van der Waals surface area contributed by atoms with E-state index in [-0.39, 0.29) is 5.91 Å². The van der Waals surface area contributed by atoms with Gasteiger partial charge in [-0.3, -0.25) is 9.48 Å². The van der Waals surface area contributed by atoms with Crippen LogP contribution < -0.4 is 10.1 Å². The molecular weight excluding hydrogens is 292 g/mol. The standard InChI is InChI=1S/C17H22N4O2/c1-13-10-20(8-7-18-13)17(22)15-9-19-21(12-15)11-14-3-5-16(23-2)6-4-14/h3-6,9,12-13,18H,7-8,10-11H2,1-2H3. The van der Waals surface area contributed by atoms with E-state index in [0.717, 1.165) is 30.9 Å². The summed E-state index contributed by atoms with van der Waals surface area (Å²) < 4.78 is 6.95. The predicted octanol–water partition coefficient (Wildman–Crippen LogP) is 1.37. The lowest BCUT2D eigenvalue weighted by atomic mass is 10.2. The Kier molecular flexibility index (Phi) is 4.62. The van der Waals surface area contributed by atoms with E-state index in [9.17, 15) is 4.79 Å². The number of carbonyl (C=O) groups is 1. The van der Waals surface area contributed by atoms with Crippen molar-refractivity contribution in [3.05, 3.63) is 47.8 Å². The number of nitrogens with one attached hydrogen (secondary N) is 1. The van der Waals surface area contributed by atoms with E-state index in [0.29, 0.717) is 18.2 Å². The average molecular weight is 314 g/mol. The molecule has 1 aromatic heterocycles. The van der Waals surface area contributed by atoms with Gasteiger partial charge < -0.3 is 15.0 Å². The minimum Gasteiger partial charge on any atom is -0.497 e. The van der Waals surface area contributed by atoms with Crippen LogP contribution in [0.4, 0.5) is 0 Å². The van der Waals surface area contributed by atoms with E-state index in [1.54, 1.807) is 18.0 Å². The van der Waals surface area contributed by atoms with Crippen LogP contribution in [0.2, 0.25) is 0 Å². The van der Waals surface area contributed by atoms with Crippen LogP contribution in [0.15, 0.2) is 36.7 Å². The van der Waals surface area contributed by atoms with Gasteiger partial charge >= 0.3 is 0 Å². The van der Waals surface area contributed by atoms with Crippen LogP contribution in [0.1, 0.15) is 22.8 Å². The lowest BCUT2D eigenvalue weighted by Gasteiger charge is -2.31. The fourth-order valence-electron chi connectivity index (χ4n) is 2.78. The summed E-state index contributed by atoms with van der Waals surface area (Å²) in [6.07, 6.45) is 3.47. The number of methoxy groups -OCH3 is 1. The number of hydrogen-bond donors (Lipinski definition) is 1. The van der Waals surface area contributed by atoms with E-state index in [2.05, 4.69) is 17.3 Å². The summed E-state index contributed by atoms with van der Waals surface area (Å²) in [7, 11) is 1.65. The van der Waals surface area contributed by atoms with E-state index in [4.69, 9.17) is 4.74 Å². The normalized spacial score (nSPS) is 18.0. The number of ether oxygens (including phenoxy) is 1. The predicted molar refractivity (Wildman–Crippen MR) is 87.7 cm³/mol. The van der Waals surface area contributed by atoms with Gasteiger partial charge in [0, 0.05) is 31.9 Å². The second-order valence-corrected chi connectivity index (χ2v) is 5.88. The molecule has 6 nitrogen and oxygen atoms in total. The summed E-state index contributed by atoms with van der Waals surface area (Å²) in [5.41, 5.74) is 1.76. The molecule has 2 heterocycles. The van der Waals surface area contributed by atoms with Gasteiger partial charge in [-0.05, 0) is 24.6 Å². The zero-order valence-corrected chi connectivity index (χ0v) is 13.5. The van der Waals surface area contributed by atoms with E-state index in [1.165, 1.54) is 0 Å². The van der Waals surface area contributed by atoms with Crippen LogP contribution in [0.3, 0.4) is 0 Å². The molecule has 1 amide bonds. The molecule has 0 saturated carbocycles. The summed E-state index contributed by atoms with van der Waals surface area (Å²) in [5.74, 6) is 0.886. The quantitative estimate of drug-likeness (QED) is 0.926. The van der Waals surface area contributed by atoms with E-state index in [1.807, 2.05) is 35.4 Å². The maximum absolute atomic E-state index is 12.5. The second kappa shape index (κ2) is 6.83. The minimum absolute atomic E-state index is 0.0549. The molecule has 122 valence electrons. The van der Waals surface area contributed by atoms with Gasteiger partial charge in [0.1, 0.15) is 5.75 Å². The van der Waals surface area contributed by atoms with Gasteiger partial charge in [-0.15, -0.1) is 0 Å². The summed E-state index contributed by atoms with van der Waals surface area (Å²) in [6.45, 7) is 5.05. The van der Waals surface area contributed by atoms with Crippen molar-refractivity contribution < 1.29 is 9.53 Å². The highest BCUT2D eigenvalue weighted by Gasteiger charge is 2.22. The molecule has 1 N–H and O–H groups in total. The SMILES string of the molecule is COc1ccc(Cn2cc(C(=O)N3CCNC(C)C3)cn2)cc1. The van der Waals surface area contributed by atoms with Crippen LogP contribution in [0.5, 0.6) is 5.75 Å². The monoisotopic (exact) mass is 314 g/mol. The molecule has 1 unspecified atom stereocenters. The molecule has 1 aliphatic heterocycles. The molecule has 6 heteroatoms. The molecule has 0 radical (unpaired) electrons. The van der Waals surface area contributed by atoms with Crippen molar-refractivity contribution in [2.45, 2.75) is 19.5 Å². The Morgan fingerprint density at radius 2 is 2.17 bits per heavy atom. The zero-order chi connectivity index (χ0) is 16.2. The largest absolute Gasteiger partial charge is 0.497 e. The van der Waals surface area contributed by atoms with Crippen molar-refractivity contribution in [3.63, 3.8) is 0 Å². The van der Waals surface area contributed by atoms with Crippen LogP contribution in [0.25, 0.3) is 0 Å². The molecule has 0 spiro atoms. The van der Waals surface area contributed by atoms with Crippen LogP contribution in [0, 0.1) is 0 Å². The lowest BCUT2D eigenvalue weighted by molar-refractivity contribution is 0.0709. The molecular formula is C17H22N4O2. The Hall–Kier alpha value is -2.34. The van der Waals surface area contributed by atoms with Gasteiger partial charge in [0.25, 0.3) is 5.91 Å². The Bertz CT molecular complexity index is 665. The highest BCUT2D eigenvalue weighted by Crippen LogP contribution is 2.13. The van der Waals surface area contributed by atoms with Gasteiger partial charge in [0.2, 0.25) is 0 Å². The highest BCUT2D eigenvalue weighted by molar-refractivity contribution is 5.93. The smallest absolute Gasteiger partial charge is 0.257 e. The number of rotatable bonds is 4. The van der Waals surface area contributed by atoms with Crippen molar-refractivity contribution in [3.8, 4) is 5.75 Å². The summed E-state index contributed by atoms with van der Waals surface area (Å²) in [4.78, 5) is 14.4. The first-order valence-electron chi connectivity index (χ1n) is 7.84. The third-order valence-electron chi connectivity index (χ3n) is 4.04. The van der Waals surface area contributed by atoms with Crippen molar-refractivity contribution in [2.75, 3.05) is 26.7 Å². The third kappa shape index (κ3) is 3.71.